The van der Waals surface area contributed by atoms with E-state index in [1.165, 1.54) is 12.8 Å². The van der Waals surface area contributed by atoms with Crippen LogP contribution >= 0.6 is 0 Å². The first-order chi connectivity index (χ1) is 7.41. The minimum absolute atomic E-state index is 0.401. The minimum Gasteiger partial charge on any atom is -0.300 e. The molecule has 0 saturated carbocycles. The molecule has 3 heteroatoms. The molecule has 1 N–H and O–H groups in total. The van der Waals surface area contributed by atoms with E-state index < -0.39 is 5.54 Å². The molecule has 1 aliphatic rings. The van der Waals surface area contributed by atoms with Crippen molar-refractivity contribution in [1.29, 1.82) is 5.26 Å². The van der Waals surface area contributed by atoms with Gasteiger partial charge in [0.15, 0.2) is 0 Å². The third kappa shape index (κ3) is 3.77. The van der Waals surface area contributed by atoms with Crippen molar-refractivity contribution >= 4 is 0 Å². The standard InChI is InChI=1S/C13H25N3/c1-5-15-13(4,9-14)11-16-8-6-7-12(2,3)10-16/h15H,5-8,10-11H2,1-4H3. The Morgan fingerprint density at radius 1 is 1.50 bits per heavy atom. The summed E-state index contributed by atoms with van der Waals surface area (Å²) in [5.41, 5.74) is 0.00298. The molecule has 0 radical (unpaired) electrons. The minimum atomic E-state index is -0.401. The fourth-order valence-electron chi connectivity index (χ4n) is 2.65. The average molecular weight is 223 g/mol. The van der Waals surface area contributed by atoms with Crippen molar-refractivity contribution in [3.05, 3.63) is 0 Å². The highest BCUT2D eigenvalue weighted by atomic mass is 15.2. The zero-order valence-corrected chi connectivity index (χ0v) is 11.1. The van der Waals surface area contributed by atoms with Crippen molar-refractivity contribution < 1.29 is 0 Å². The molecule has 0 aromatic rings. The highest BCUT2D eigenvalue weighted by Gasteiger charge is 2.31. The Morgan fingerprint density at radius 3 is 2.69 bits per heavy atom. The molecule has 16 heavy (non-hydrogen) atoms. The lowest BCUT2D eigenvalue weighted by atomic mass is 9.83. The average Bonchev–Trinajstić information content (AvgIpc) is 2.16. The molecule has 0 bridgehead atoms. The molecule has 0 aromatic heterocycles. The van der Waals surface area contributed by atoms with Gasteiger partial charge in [0.05, 0.1) is 6.07 Å². The van der Waals surface area contributed by atoms with Gasteiger partial charge < -0.3 is 0 Å². The van der Waals surface area contributed by atoms with E-state index in [1.54, 1.807) is 0 Å². The van der Waals surface area contributed by atoms with Crippen molar-refractivity contribution in [3.8, 4) is 6.07 Å². The number of rotatable bonds is 4. The highest BCUT2D eigenvalue weighted by molar-refractivity contribution is 5.06. The summed E-state index contributed by atoms with van der Waals surface area (Å²) in [7, 11) is 0. The lowest BCUT2D eigenvalue weighted by molar-refractivity contribution is 0.0999. The van der Waals surface area contributed by atoms with Crippen LogP contribution in [0.2, 0.25) is 0 Å². The number of hydrogen-bond acceptors (Lipinski definition) is 3. The molecule has 0 aliphatic carbocycles. The first-order valence-electron chi connectivity index (χ1n) is 6.29. The molecular formula is C13H25N3. The Labute approximate surface area is 99.8 Å². The predicted molar refractivity (Wildman–Crippen MR) is 67.1 cm³/mol. The Kier molecular flexibility index (Phi) is 4.35. The molecular weight excluding hydrogens is 198 g/mol. The second kappa shape index (κ2) is 5.16. The summed E-state index contributed by atoms with van der Waals surface area (Å²) < 4.78 is 0. The van der Waals surface area contributed by atoms with Gasteiger partial charge in [-0.05, 0) is 38.3 Å². The van der Waals surface area contributed by atoms with Gasteiger partial charge in [0.2, 0.25) is 0 Å². The number of likely N-dealkylation sites (N-methyl/N-ethyl adjacent to an activating group) is 1. The Bertz CT molecular complexity index is 267. The summed E-state index contributed by atoms with van der Waals surface area (Å²) in [4.78, 5) is 2.43. The Balaban J connectivity index is 2.56. The van der Waals surface area contributed by atoms with E-state index in [1.807, 2.05) is 6.92 Å². The maximum atomic E-state index is 9.24. The fraction of sp³-hybridized carbons (Fsp3) is 0.923. The molecule has 1 saturated heterocycles. The van der Waals surface area contributed by atoms with Gasteiger partial charge in [0.25, 0.3) is 0 Å². The van der Waals surface area contributed by atoms with Gasteiger partial charge in [-0.15, -0.1) is 0 Å². The maximum Gasteiger partial charge on any atom is 0.116 e. The smallest absolute Gasteiger partial charge is 0.116 e. The zero-order valence-electron chi connectivity index (χ0n) is 11.1. The van der Waals surface area contributed by atoms with Crippen LogP contribution in [0.3, 0.4) is 0 Å². The van der Waals surface area contributed by atoms with E-state index in [4.69, 9.17) is 0 Å². The molecule has 1 heterocycles. The van der Waals surface area contributed by atoms with E-state index in [-0.39, 0.29) is 0 Å². The summed E-state index contributed by atoms with van der Waals surface area (Å²) in [6.45, 7) is 12.6. The SMILES string of the molecule is CCNC(C)(C#N)CN1CCCC(C)(C)C1. The summed E-state index contributed by atoms with van der Waals surface area (Å²) in [6, 6.07) is 2.40. The highest BCUT2D eigenvalue weighted by Crippen LogP contribution is 2.28. The van der Waals surface area contributed by atoms with Crippen LogP contribution in [0.5, 0.6) is 0 Å². The maximum absolute atomic E-state index is 9.24. The number of likely N-dealkylation sites (tertiary alicyclic amines) is 1. The van der Waals surface area contributed by atoms with Crippen molar-refractivity contribution in [3.63, 3.8) is 0 Å². The number of nitrogens with one attached hydrogen (secondary N) is 1. The zero-order chi connectivity index (χ0) is 12.2. The van der Waals surface area contributed by atoms with E-state index in [0.717, 1.165) is 26.2 Å². The van der Waals surface area contributed by atoms with Gasteiger partial charge in [-0.3, -0.25) is 10.2 Å². The fourth-order valence-corrected chi connectivity index (χ4v) is 2.65. The van der Waals surface area contributed by atoms with Crippen LogP contribution in [0.15, 0.2) is 0 Å². The second-order valence-corrected chi connectivity index (χ2v) is 5.95. The van der Waals surface area contributed by atoms with Gasteiger partial charge in [0.1, 0.15) is 5.54 Å². The van der Waals surface area contributed by atoms with Gasteiger partial charge in [-0.1, -0.05) is 20.8 Å². The topological polar surface area (TPSA) is 39.1 Å². The monoisotopic (exact) mass is 223 g/mol. The largest absolute Gasteiger partial charge is 0.300 e. The van der Waals surface area contributed by atoms with Crippen LogP contribution < -0.4 is 5.32 Å². The molecule has 92 valence electrons. The number of hydrogen-bond donors (Lipinski definition) is 1. The van der Waals surface area contributed by atoms with Crippen LogP contribution in [-0.2, 0) is 0 Å². The normalized spacial score (nSPS) is 24.7. The summed E-state index contributed by atoms with van der Waals surface area (Å²) in [5, 5.41) is 12.5. The van der Waals surface area contributed by atoms with Crippen LogP contribution in [0.1, 0.15) is 40.5 Å². The Morgan fingerprint density at radius 2 is 2.19 bits per heavy atom. The van der Waals surface area contributed by atoms with Crippen molar-refractivity contribution in [2.45, 2.75) is 46.1 Å². The third-order valence-corrected chi connectivity index (χ3v) is 3.33. The molecule has 3 nitrogen and oxygen atoms in total. The van der Waals surface area contributed by atoms with Crippen LogP contribution in [0.25, 0.3) is 0 Å². The van der Waals surface area contributed by atoms with Crippen molar-refractivity contribution in [1.82, 2.24) is 10.2 Å². The van der Waals surface area contributed by atoms with Crippen LogP contribution in [0, 0.1) is 16.7 Å². The van der Waals surface area contributed by atoms with Crippen molar-refractivity contribution in [2.75, 3.05) is 26.2 Å². The number of nitriles is 1. The van der Waals surface area contributed by atoms with Gasteiger partial charge in [-0.2, -0.15) is 5.26 Å². The molecule has 1 aliphatic heterocycles. The van der Waals surface area contributed by atoms with E-state index in [0.29, 0.717) is 5.41 Å². The summed E-state index contributed by atoms with van der Waals surface area (Å²) >= 11 is 0. The van der Waals surface area contributed by atoms with E-state index >= 15 is 0 Å². The lowest BCUT2D eigenvalue weighted by Crippen LogP contribution is -2.53. The number of nitrogens with zero attached hydrogens (tertiary/aromatic N) is 2. The Hall–Kier alpha value is -0.590. The summed E-state index contributed by atoms with van der Waals surface area (Å²) in [5.74, 6) is 0. The van der Waals surface area contributed by atoms with E-state index in [9.17, 15) is 5.26 Å². The predicted octanol–water partition coefficient (Wildman–Crippen LogP) is 2.00. The molecule has 0 spiro atoms. The summed E-state index contributed by atoms with van der Waals surface area (Å²) in [6.07, 6.45) is 2.55. The first-order valence-corrected chi connectivity index (χ1v) is 6.29. The second-order valence-electron chi connectivity index (χ2n) is 5.95. The quantitative estimate of drug-likeness (QED) is 0.792. The number of piperidine rings is 1. The van der Waals surface area contributed by atoms with Crippen LogP contribution in [-0.4, -0.2) is 36.6 Å². The molecule has 1 fully saturated rings. The van der Waals surface area contributed by atoms with E-state index in [2.05, 4.69) is 37.1 Å². The molecule has 0 aromatic carbocycles. The van der Waals surface area contributed by atoms with Crippen molar-refractivity contribution in [2.24, 2.45) is 5.41 Å². The van der Waals surface area contributed by atoms with Gasteiger partial charge in [0, 0.05) is 13.1 Å². The molecule has 1 rings (SSSR count). The molecule has 1 atom stereocenters. The van der Waals surface area contributed by atoms with Gasteiger partial charge in [-0.25, -0.2) is 0 Å². The first kappa shape index (κ1) is 13.5. The lowest BCUT2D eigenvalue weighted by Gasteiger charge is -2.40. The van der Waals surface area contributed by atoms with Crippen LogP contribution in [0.4, 0.5) is 0 Å². The third-order valence-electron chi connectivity index (χ3n) is 3.33. The molecule has 1 unspecified atom stereocenters. The van der Waals surface area contributed by atoms with Gasteiger partial charge >= 0.3 is 0 Å². The molecule has 0 amide bonds.